The molecule has 0 aromatic heterocycles. The van der Waals surface area contributed by atoms with Gasteiger partial charge in [0.05, 0.1) is 0 Å². The molecule has 0 aliphatic carbocycles. The molecule has 0 aliphatic heterocycles. The third-order valence-corrected chi connectivity index (χ3v) is 3.16. The minimum Gasteiger partial charge on any atom is -0.389 e. The number of thioether (sulfide) groups is 1. The van der Waals surface area contributed by atoms with Crippen molar-refractivity contribution < 1.29 is 0 Å². The highest BCUT2D eigenvalue weighted by atomic mass is 32.2. The van der Waals surface area contributed by atoms with Gasteiger partial charge < -0.3 is 11.1 Å². The summed E-state index contributed by atoms with van der Waals surface area (Å²) in [4.78, 5) is 1.61. The molecule has 0 bridgehead atoms. The Morgan fingerprint density at radius 2 is 2.19 bits per heavy atom. The highest BCUT2D eigenvalue weighted by Gasteiger charge is 2.11. The molecule has 0 fully saturated rings. The summed E-state index contributed by atoms with van der Waals surface area (Å²) in [6.07, 6.45) is 0. The molecule has 2 nitrogen and oxygen atoms in total. The Labute approximate surface area is 107 Å². The first kappa shape index (κ1) is 13.3. The van der Waals surface area contributed by atoms with Gasteiger partial charge in [0.2, 0.25) is 0 Å². The van der Waals surface area contributed by atoms with Gasteiger partial charge in [0.25, 0.3) is 0 Å². The van der Waals surface area contributed by atoms with E-state index in [1.165, 1.54) is 0 Å². The molecule has 1 aromatic rings. The van der Waals surface area contributed by atoms with Gasteiger partial charge in [-0.15, -0.1) is 11.8 Å². The maximum Gasteiger partial charge on any atom is 0.107 e. The van der Waals surface area contributed by atoms with Gasteiger partial charge in [0.1, 0.15) is 4.99 Å². The highest BCUT2D eigenvalue weighted by molar-refractivity contribution is 7.99. The van der Waals surface area contributed by atoms with Crippen LogP contribution >= 0.6 is 24.0 Å². The third kappa shape index (κ3) is 3.39. The monoisotopic (exact) mass is 254 g/mol. The number of thiocarbonyl (C=S) groups is 1. The minimum atomic E-state index is 0.370. The van der Waals surface area contributed by atoms with Crippen LogP contribution in [0.2, 0.25) is 0 Å². The predicted octanol–water partition coefficient (Wildman–Crippen LogP) is 3.25. The van der Waals surface area contributed by atoms with Gasteiger partial charge in [-0.05, 0) is 31.7 Å². The van der Waals surface area contributed by atoms with Crippen molar-refractivity contribution in [3.8, 4) is 0 Å². The number of anilines is 1. The summed E-state index contributed by atoms with van der Waals surface area (Å²) in [6.45, 7) is 6.32. The van der Waals surface area contributed by atoms with E-state index in [9.17, 15) is 0 Å². The summed E-state index contributed by atoms with van der Waals surface area (Å²) in [7, 11) is 0. The van der Waals surface area contributed by atoms with Crippen molar-refractivity contribution >= 4 is 34.7 Å². The summed E-state index contributed by atoms with van der Waals surface area (Å²) in [5, 5.41) is 3.37. The lowest BCUT2D eigenvalue weighted by Crippen LogP contribution is -2.17. The van der Waals surface area contributed by atoms with Crippen molar-refractivity contribution in [1.82, 2.24) is 0 Å². The maximum atomic E-state index is 5.80. The van der Waals surface area contributed by atoms with E-state index in [0.717, 1.165) is 21.9 Å². The molecule has 0 heterocycles. The lowest BCUT2D eigenvalue weighted by Gasteiger charge is -2.16. The Morgan fingerprint density at radius 1 is 1.50 bits per heavy atom. The Hall–Kier alpha value is -0.740. The molecule has 88 valence electrons. The normalized spacial score (nSPS) is 10.5. The zero-order chi connectivity index (χ0) is 12.1. The van der Waals surface area contributed by atoms with Gasteiger partial charge in [-0.1, -0.05) is 25.2 Å². The Morgan fingerprint density at radius 3 is 2.69 bits per heavy atom. The zero-order valence-corrected chi connectivity index (χ0v) is 11.5. The molecule has 3 N–H and O–H groups in total. The van der Waals surface area contributed by atoms with Crippen LogP contribution in [-0.4, -0.2) is 16.8 Å². The third-order valence-electron chi connectivity index (χ3n) is 2.02. The van der Waals surface area contributed by atoms with Gasteiger partial charge in [0.15, 0.2) is 0 Å². The van der Waals surface area contributed by atoms with Crippen molar-refractivity contribution in [2.75, 3.05) is 11.1 Å². The smallest absolute Gasteiger partial charge is 0.107 e. The van der Waals surface area contributed by atoms with E-state index in [0.29, 0.717) is 11.0 Å². The molecule has 0 saturated heterocycles. The second-order valence-electron chi connectivity index (χ2n) is 3.78. The van der Waals surface area contributed by atoms with Crippen LogP contribution in [0.15, 0.2) is 23.1 Å². The molecule has 0 radical (unpaired) electrons. The summed E-state index contributed by atoms with van der Waals surface area (Å²) < 4.78 is 0. The average molecular weight is 254 g/mol. The fraction of sp³-hybridized carbons (Fsp3) is 0.417. The molecular weight excluding hydrogens is 236 g/mol. The van der Waals surface area contributed by atoms with Gasteiger partial charge in [-0.2, -0.15) is 0 Å². The molecule has 1 rings (SSSR count). The minimum absolute atomic E-state index is 0.370. The summed E-state index contributed by atoms with van der Waals surface area (Å²) in [6, 6.07) is 6.49. The van der Waals surface area contributed by atoms with Crippen molar-refractivity contribution in [3.05, 3.63) is 23.8 Å². The molecular formula is C12H18N2S2. The number of nitrogens with two attached hydrogens (primary N) is 1. The van der Waals surface area contributed by atoms with Crippen LogP contribution in [0.5, 0.6) is 0 Å². The van der Waals surface area contributed by atoms with Gasteiger partial charge in [-0.25, -0.2) is 0 Å². The molecule has 4 heteroatoms. The molecule has 0 spiro atoms. The first-order chi connectivity index (χ1) is 7.56. The van der Waals surface area contributed by atoms with Crippen LogP contribution in [-0.2, 0) is 0 Å². The standard InChI is InChI=1S/C12H18N2S2/c1-4-16-10-7-5-6-9(14-8(2)3)11(10)12(13)15/h5-8,14H,4H2,1-3H3,(H2,13,15). The Bertz CT molecular complexity index is 375. The van der Waals surface area contributed by atoms with Crippen LogP contribution < -0.4 is 11.1 Å². The number of rotatable bonds is 5. The van der Waals surface area contributed by atoms with Gasteiger partial charge in [-0.3, -0.25) is 0 Å². The molecule has 0 amide bonds. The van der Waals surface area contributed by atoms with Gasteiger partial charge >= 0.3 is 0 Å². The van der Waals surface area contributed by atoms with Crippen molar-refractivity contribution in [3.63, 3.8) is 0 Å². The lowest BCUT2D eigenvalue weighted by molar-refractivity contribution is 0.898. The largest absolute Gasteiger partial charge is 0.389 e. The maximum absolute atomic E-state index is 5.80. The van der Waals surface area contributed by atoms with Crippen molar-refractivity contribution in [1.29, 1.82) is 0 Å². The van der Waals surface area contributed by atoms with E-state index < -0.39 is 0 Å². The van der Waals surface area contributed by atoms with E-state index >= 15 is 0 Å². The molecule has 1 aromatic carbocycles. The SMILES string of the molecule is CCSc1cccc(NC(C)C)c1C(N)=S. The molecule has 0 unspecified atom stereocenters. The molecule has 0 aliphatic rings. The summed E-state index contributed by atoms with van der Waals surface area (Å²) in [5.41, 5.74) is 7.80. The van der Waals surface area contributed by atoms with Crippen LogP contribution in [0.25, 0.3) is 0 Å². The fourth-order valence-corrected chi connectivity index (χ4v) is 2.63. The fourth-order valence-electron chi connectivity index (χ4n) is 1.49. The quantitative estimate of drug-likeness (QED) is 0.625. The second-order valence-corrected chi connectivity index (χ2v) is 5.52. The Balaban J connectivity index is 3.16. The van der Waals surface area contributed by atoms with Gasteiger partial charge in [0, 0.05) is 22.2 Å². The van der Waals surface area contributed by atoms with Crippen LogP contribution in [0.4, 0.5) is 5.69 Å². The highest BCUT2D eigenvalue weighted by Crippen LogP contribution is 2.28. The van der Waals surface area contributed by atoms with E-state index in [4.69, 9.17) is 18.0 Å². The number of nitrogens with one attached hydrogen (secondary N) is 1. The van der Waals surface area contributed by atoms with Crippen LogP contribution in [0, 0.1) is 0 Å². The average Bonchev–Trinajstić information content (AvgIpc) is 2.16. The Kier molecular flexibility index (Phi) is 5.09. The number of hydrogen-bond donors (Lipinski definition) is 2. The topological polar surface area (TPSA) is 38.0 Å². The number of hydrogen-bond acceptors (Lipinski definition) is 3. The van der Waals surface area contributed by atoms with Crippen LogP contribution in [0.3, 0.4) is 0 Å². The molecule has 0 saturated carbocycles. The van der Waals surface area contributed by atoms with Crippen molar-refractivity contribution in [2.24, 2.45) is 5.73 Å². The lowest BCUT2D eigenvalue weighted by atomic mass is 10.1. The predicted molar refractivity (Wildman–Crippen MR) is 77.5 cm³/mol. The van der Waals surface area contributed by atoms with E-state index in [2.05, 4.69) is 32.2 Å². The number of benzene rings is 1. The first-order valence-corrected chi connectivity index (χ1v) is 6.77. The van der Waals surface area contributed by atoms with E-state index in [1.807, 2.05) is 12.1 Å². The first-order valence-electron chi connectivity index (χ1n) is 5.38. The molecule has 0 atom stereocenters. The van der Waals surface area contributed by atoms with Crippen molar-refractivity contribution in [2.45, 2.75) is 31.7 Å². The summed E-state index contributed by atoms with van der Waals surface area (Å²) >= 11 is 6.89. The van der Waals surface area contributed by atoms with Crippen LogP contribution in [0.1, 0.15) is 26.3 Å². The van der Waals surface area contributed by atoms with E-state index in [-0.39, 0.29) is 0 Å². The zero-order valence-electron chi connectivity index (χ0n) is 9.91. The molecule has 16 heavy (non-hydrogen) atoms. The summed E-state index contributed by atoms with van der Waals surface area (Å²) in [5.74, 6) is 1.01. The van der Waals surface area contributed by atoms with E-state index in [1.54, 1.807) is 11.8 Å². The second kappa shape index (κ2) is 6.11.